The second-order valence-electron chi connectivity index (χ2n) is 11.1. The summed E-state index contributed by atoms with van der Waals surface area (Å²) in [4.78, 5) is 37.1. The number of carbonyl (C=O) groups is 3. The third-order valence-corrected chi connectivity index (χ3v) is 6.40. The van der Waals surface area contributed by atoms with Gasteiger partial charge in [-0.25, -0.2) is 4.79 Å². The molecule has 0 unspecified atom stereocenters. The minimum Gasteiger partial charge on any atom is -0.491 e. The van der Waals surface area contributed by atoms with Gasteiger partial charge in [0, 0.05) is 29.3 Å². The van der Waals surface area contributed by atoms with Gasteiger partial charge < -0.3 is 24.8 Å². The maximum atomic E-state index is 13.1. The van der Waals surface area contributed by atoms with Crippen LogP contribution < -0.4 is 15.4 Å². The highest BCUT2D eigenvalue weighted by atomic mass is 16.6. The van der Waals surface area contributed by atoms with Crippen LogP contribution in [0, 0.1) is 6.92 Å². The lowest BCUT2D eigenvalue weighted by molar-refractivity contribution is 0.0488. The molecule has 1 aliphatic rings. The molecular formula is C33H38N2O6. The molecule has 4 rings (SSSR count). The van der Waals surface area contributed by atoms with Gasteiger partial charge in [0.05, 0.1) is 13.2 Å². The Labute approximate surface area is 241 Å². The standard InChI is InChI=1S/C33H38N2O6/c1-22-5-6-26(31(37)35-27-13-14-27)21-29(22)23-7-9-24(10-8-23)30(36)25-11-15-28(16-12-25)40-20-19-39-18-17-34-32(38)41-33(2,3)4/h5-12,15-16,21,27H,13-14,17-20H2,1-4H3,(H,34,38)(H,35,37). The van der Waals surface area contributed by atoms with Crippen molar-refractivity contribution in [2.45, 2.75) is 52.2 Å². The molecule has 2 N–H and O–H groups in total. The number of aryl methyl sites for hydroxylation is 1. The van der Waals surface area contributed by atoms with Gasteiger partial charge in [-0.15, -0.1) is 0 Å². The summed E-state index contributed by atoms with van der Waals surface area (Å²) in [6.07, 6.45) is 1.61. The molecule has 1 saturated carbocycles. The lowest BCUT2D eigenvalue weighted by atomic mass is 9.95. The van der Waals surface area contributed by atoms with Crippen LogP contribution in [0.1, 0.15) is 65.5 Å². The van der Waals surface area contributed by atoms with Crippen LogP contribution in [0.25, 0.3) is 11.1 Å². The predicted molar refractivity (Wildman–Crippen MR) is 158 cm³/mol. The maximum Gasteiger partial charge on any atom is 0.407 e. The van der Waals surface area contributed by atoms with Gasteiger partial charge in [0.25, 0.3) is 5.91 Å². The molecular weight excluding hydrogens is 520 g/mol. The van der Waals surface area contributed by atoms with E-state index in [0.717, 1.165) is 29.5 Å². The SMILES string of the molecule is Cc1ccc(C(=O)NC2CC2)cc1-c1ccc(C(=O)c2ccc(OCCOCCNC(=O)OC(C)(C)C)cc2)cc1. The van der Waals surface area contributed by atoms with E-state index in [1.54, 1.807) is 24.3 Å². The van der Waals surface area contributed by atoms with Crippen molar-refractivity contribution < 1.29 is 28.6 Å². The number of hydrogen-bond acceptors (Lipinski definition) is 6. The van der Waals surface area contributed by atoms with E-state index in [0.29, 0.717) is 54.8 Å². The van der Waals surface area contributed by atoms with Crippen LogP contribution in [-0.2, 0) is 9.47 Å². The first kappa shape index (κ1) is 29.8. The second kappa shape index (κ2) is 13.5. The Morgan fingerprint density at radius 1 is 0.829 bits per heavy atom. The lowest BCUT2D eigenvalue weighted by Crippen LogP contribution is -2.34. The van der Waals surface area contributed by atoms with E-state index >= 15 is 0 Å². The molecule has 2 amide bonds. The number of alkyl carbamates (subject to hydrolysis) is 1. The van der Waals surface area contributed by atoms with E-state index < -0.39 is 11.7 Å². The Morgan fingerprint density at radius 2 is 1.46 bits per heavy atom. The van der Waals surface area contributed by atoms with Gasteiger partial charge in [0.2, 0.25) is 0 Å². The third kappa shape index (κ3) is 9.18. The predicted octanol–water partition coefficient (Wildman–Crippen LogP) is 5.71. The van der Waals surface area contributed by atoms with Crippen molar-refractivity contribution in [3.05, 3.63) is 89.0 Å². The van der Waals surface area contributed by atoms with Crippen LogP contribution in [0.4, 0.5) is 4.79 Å². The number of carbonyl (C=O) groups excluding carboxylic acids is 3. The minimum absolute atomic E-state index is 0.0481. The van der Waals surface area contributed by atoms with Crippen LogP contribution in [0.15, 0.2) is 66.7 Å². The van der Waals surface area contributed by atoms with Gasteiger partial charge in [0.1, 0.15) is 18.0 Å². The molecule has 216 valence electrons. The molecule has 0 radical (unpaired) electrons. The summed E-state index contributed by atoms with van der Waals surface area (Å²) in [6.45, 7) is 8.81. The first-order valence-electron chi connectivity index (χ1n) is 13.9. The summed E-state index contributed by atoms with van der Waals surface area (Å²) >= 11 is 0. The highest BCUT2D eigenvalue weighted by Gasteiger charge is 2.24. The fourth-order valence-corrected chi connectivity index (χ4v) is 4.10. The van der Waals surface area contributed by atoms with Crippen LogP contribution in [0.2, 0.25) is 0 Å². The van der Waals surface area contributed by atoms with Crippen molar-refractivity contribution in [3.63, 3.8) is 0 Å². The normalized spacial score (nSPS) is 12.9. The van der Waals surface area contributed by atoms with Crippen molar-refractivity contribution >= 4 is 17.8 Å². The minimum atomic E-state index is -0.536. The van der Waals surface area contributed by atoms with Gasteiger partial charge in [-0.05, 0) is 93.6 Å². The van der Waals surface area contributed by atoms with Gasteiger partial charge in [0.15, 0.2) is 5.78 Å². The zero-order chi connectivity index (χ0) is 29.4. The van der Waals surface area contributed by atoms with Crippen molar-refractivity contribution in [1.29, 1.82) is 0 Å². The molecule has 3 aromatic rings. The molecule has 0 spiro atoms. The fraction of sp³-hybridized carbons (Fsp3) is 0.364. The molecule has 1 fully saturated rings. The molecule has 0 saturated heterocycles. The van der Waals surface area contributed by atoms with Gasteiger partial charge >= 0.3 is 6.09 Å². The number of hydrogen-bond donors (Lipinski definition) is 2. The second-order valence-corrected chi connectivity index (χ2v) is 11.1. The summed E-state index contributed by atoms with van der Waals surface area (Å²) in [7, 11) is 0. The van der Waals surface area contributed by atoms with E-state index in [-0.39, 0.29) is 11.7 Å². The largest absolute Gasteiger partial charge is 0.491 e. The zero-order valence-corrected chi connectivity index (χ0v) is 24.1. The highest BCUT2D eigenvalue weighted by molar-refractivity contribution is 6.09. The average Bonchev–Trinajstić information content (AvgIpc) is 3.76. The van der Waals surface area contributed by atoms with Gasteiger partial charge in [-0.1, -0.05) is 30.3 Å². The Bertz CT molecular complexity index is 1360. The number of benzene rings is 3. The summed E-state index contributed by atoms with van der Waals surface area (Å²) in [5.41, 5.74) is 4.23. The molecule has 0 bridgehead atoms. The number of rotatable bonds is 12. The molecule has 41 heavy (non-hydrogen) atoms. The maximum absolute atomic E-state index is 13.1. The van der Waals surface area contributed by atoms with Crippen LogP contribution in [-0.4, -0.2) is 55.8 Å². The van der Waals surface area contributed by atoms with E-state index in [1.165, 1.54) is 0 Å². The molecule has 0 aromatic heterocycles. The van der Waals surface area contributed by atoms with Crippen molar-refractivity contribution in [2.24, 2.45) is 0 Å². The van der Waals surface area contributed by atoms with E-state index in [2.05, 4.69) is 10.6 Å². The van der Waals surface area contributed by atoms with Crippen LogP contribution in [0.5, 0.6) is 5.75 Å². The van der Waals surface area contributed by atoms with Gasteiger partial charge in [-0.2, -0.15) is 0 Å². The average molecular weight is 559 g/mol. The van der Waals surface area contributed by atoms with Crippen molar-refractivity contribution in [1.82, 2.24) is 10.6 Å². The first-order chi connectivity index (χ1) is 19.6. The molecule has 0 aliphatic heterocycles. The van der Waals surface area contributed by atoms with E-state index in [9.17, 15) is 14.4 Å². The van der Waals surface area contributed by atoms with E-state index in [1.807, 2.05) is 70.2 Å². The summed E-state index contributed by atoms with van der Waals surface area (Å²) in [6, 6.07) is 20.5. The van der Waals surface area contributed by atoms with Crippen LogP contribution in [0.3, 0.4) is 0 Å². The van der Waals surface area contributed by atoms with Gasteiger partial charge in [-0.3, -0.25) is 9.59 Å². The number of amides is 2. The van der Waals surface area contributed by atoms with Crippen molar-refractivity contribution in [3.8, 4) is 16.9 Å². The molecule has 0 heterocycles. The summed E-state index contributed by atoms with van der Waals surface area (Å²) < 4.78 is 16.3. The molecule has 8 nitrogen and oxygen atoms in total. The Morgan fingerprint density at radius 3 is 2.10 bits per heavy atom. The number of nitrogens with one attached hydrogen (secondary N) is 2. The van der Waals surface area contributed by atoms with Crippen molar-refractivity contribution in [2.75, 3.05) is 26.4 Å². The molecule has 1 aliphatic carbocycles. The van der Waals surface area contributed by atoms with E-state index in [4.69, 9.17) is 14.2 Å². The zero-order valence-electron chi connectivity index (χ0n) is 24.1. The Hall–Kier alpha value is -4.17. The summed E-state index contributed by atoms with van der Waals surface area (Å²) in [5.74, 6) is 0.500. The topological polar surface area (TPSA) is 103 Å². The molecule has 0 atom stereocenters. The fourth-order valence-electron chi connectivity index (χ4n) is 4.10. The monoisotopic (exact) mass is 558 g/mol. The molecule has 3 aromatic carbocycles. The quantitative estimate of drug-likeness (QED) is 0.218. The third-order valence-electron chi connectivity index (χ3n) is 6.40. The summed E-state index contributed by atoms with van der Waals surface area (Å²) in [5, 5.41) is 5.66. The molecule has 8 heteroatoms. The number of ketones is 1. The Balaban J connectivity index is 1.24. The highest BCUT2D eigenvalue weighted by Crippen LogP contribution is 2.27. The number of ether oxygens (including phenoxy) is 3. The smallest absolute Gasteiger partial charge is 0.407 e. The first-order valence-corrected chi connectivity index (χ1v) is 13.9. The lowest BCUT2D eigenvalue weighted by Gasteiger charge is -2.19. The van der Waals surface area contributed by atoms with Crippen LogP contribution >= 0.6 is 0 Å². The Kier molecular flexibility index (Phi) is 9.78.